The minimum atomic E-state index is -4.73. The van der Waals surface area contributed by atoms with E-state index in [-0.39, 0.29) is 26.2 Å². The minimum absolute atomic E-state index is 0.0835. The molecule has 27 heavy (non-hydrogen) atoms. The number of sulfonamides is 1. The van der Waals surface area contributed by atoms with Gasteiger partial charge in [0.2, 0.25) is 0 Å². The summed E-state index contributed by atoms with van der Waals surface area (Å²) in [5, 5.41) is 3.86. The minimum Gasteiger partial charge on any atom is -0.261 e. The average Bonchev–Trinajstić information content (AvgIpc) is 3.18. The Kier molecular flexibility index (Phi) is 5.24. The lowest BCUT2D eigenvalue weighted by Gasteiger charge is -2.11. The second kappa shape index (κ2) is 7.17. The third-order valence-corrected chi connectivity index (χ3v) is 6.23. The van der Waals surface area contributed by atoms with Crippen LogP contribution in [0.1, 0.15) is 12.6 Å². The fraction of sp³-hybridized carbons (Fsp3) is 0.188. The molecule has 2 aromatic heterocycles. The standard InChI is InChI=1S/C16H13ClF3N3O2S2/c1-2-23-14(16(18,19)20)13(11-8-9-12(17)26-11)15(21-23)22-27(24,25)10-6-4-3-5-7-10/h3-9H,2H2,1H3,(H,21,22). The first-order chi connectivity index (χ1) is 12.6. The Morgan fingerprint density at radius 1 is 1.19 bits per heavy atom. The quantitative estimate of drug-likeness (QED) is 0.606. The van der Waals surface area contributed by atoms with Crippen LogP contribution in [0.3, 0.4) is 0 Å². The topological polar surface area (TPSA) is 64.0 Å². The first kappa shape index (κ1) is 19.7. The molecule has 0 aliphatic carbocycles. The van der Waals surface area contributed by atoms with E-state index >= 15 is 0 Å². The summed E-state index contributed by atoms with van der Waals surface area (Å²) in [4.78, 5) is 0.0811. The number of benzene rings is 1. The molecule has 5 nitrogen and oxygen atoms in total. The van der Waals surface area contributed by atoms with E-state index in [9.17, 15) is 21.6 Å². The van der Waals surface area contributed by atoms with Crippen molar-refractivity contribution in [1.29, 1.82) is 0 Å². The SMILES string of the molecule is CCn1nc(NS(=O)(=O)c2ccccc2)c(-c2ccc(Cl)s2)c1C(F)(F)F. The van der Waals surface area contributed by atoms with Crippen LogP contribution >= 0.6 is 22.9 Å². The molecule has 0 spiro atoms. The second-order valence-electron chi connectivity index (χ2n) is 5.41. The maximum atomic E-state index is 13.7. The van der Waals surface area contributed by atoms with Gasteiger partial charge in [-0.3, -0.25) is 9.40 Å². The number of hydrogen-bond acceptors (Lipinski definition) is 4. The van der Waals surface area contributed by atoms with Gasteiger partial charge in [-0.1, -0.05) is 29.8 Å². The van der Waals surface area contributed by atoms with Gasteiger partial charge in [0.05, 0.1) is 14.8 Å². The zero-order chi connectivity index (χ0) is 19.8. The first-order valence-electron chi connectivity index (χ1n) is 7.65. The van der Waals surface area contributed by atoms with E-state index in [0.29, 0.717) is 0 Å². The summed E-state index contributed by atoms with van der Waals surface area (Å²) in [6.45, 7) is 1.40. The van der Waals surface area contributed by atoms with Crippen LogP contribution in [0.5, 0.6) is 0 Å². The number of hydrogen-bond donors (Lipinski definition) is 1. The highest BCUT2D eigenvalue weighted by Gasteiger charge is 2.41. The van der Waals surface area contributed by atoms with Crippen LogP contribution in [0.4, 0.5) is 19.0 Å². The van der Waals surface area contributed by atoms with Gasteiger partial charge in [0.25, 0.3) is 10.0 Å². The molecule has 144 valence electrons. The number of nitrogens with one attached hydrogen (secondary N) is 1. The molecule has 2 heterocycles. The zero-order valence-corrected chi connectivity index (χ0v) is 16.2. The van der Waals surface area contributed by atoms with Gasteiger partial charge in [0.1, 0.15) is 0 Å². The van der Waals surface area contributed by atoms with Crippen molar-refractivity contribution in [3.05, 3.63) is 52.5 Å². The summed E-state index contributed by atoms with van der Waals surface area (Å²) in [5.74, 6) is -0.397. The molecule has 0 saturated heterocycles. The predicted molar refractivity (Wildman–Crippen MR) is 98.5 cm³/mol. The molecule has 0 amide bonds. The number of nitrogens with zero attached hydrogens (tertiary/aromatic N) is 2. The summed E-state index contributed by atoms with van der Waals surface area (Å²) in [6.07, 6.45) is -4.73. The number of aromatic nitrogens is 2. The number of rotatable bonds is 5. The largest absolute Gasteiger partial charge is 0.433 e. The van der Waals surface area contributed by atoms with E-state index in [1.54, 1.807) is 6.07 Å². The van der Waals surface area contributed by atoms with Crippen molar-refractivity contribution in [3.63, 3.8) is 0 Å². The summed E-state index contributed by atoms with van der Waals surface area (Å²) in [7, 11) is -4.12. The number of thiophene rings is 1. The van der Waals surface area contributed by atoms with Gasteiger partial charge in [0.15, 0.2) is 11.5 Å². The molecule has 3 aromatic rings. The third kappa shape index (κ3) is 3.97. The Bertz CT molecular complexity index is 1060. The Labute approximate surface area is 162 Å². The number of halogens is 4. The molecule has 11 heteroatoms. The van der Waals surface area contributed by atoms with Crippen LogP contribution in [0.2, 0.25) is 4.34 Å². The Morgan fingerprint density at radius 2 is 1.85 bits per heavy atom. The smallest absolute Gasteiger partial charge is 0.261 e. The van der Waals surface area contributed by atoms with Crippen molar-refractivity contribution in [3.8, 4) is 10.4 Å². The molecule has 0 atom stereocenters. The van der Waals surface area contributed by atoms with Crippen LogP contribution < -0.4 is 4.72 Å². The summed E-state index contributed by atoms with van der Waals surface area (Å²) in [6, 6.07) is 10.2. The summed E-state index contributed by atoms with van der Waals surface area (Å²) >= 11 is 6.78. The Hall–Kier alpha value is -2.04. The normalized spacial score (nSPS) is 12.3. The summed E-state index contributed by atoms with van der Waals surface area (Å²) < 4.78 is 69.4. The maximum Gasteiger partial charge on any atom is 0.433 e. The van der Waals surface area contributed by atoms with Gasteiger partial charge < -0.3 is 0 Å². The van der Waals surface area contributed by atoms with Crippen LogP contribution in [0, 0.1) is 0 Å². The highest BCUT2D eigenvalue weighted by atomic mass is 35.5. The Morgan fingerprint density at radius 3 is 2.37 bits per heavy atom. The highest BCUT2D eigenvalue weighted by Crippen LogP contribution is 2.44. The monoisotopic (exact) mass is 435 g/mol. The van der Waals surface area contributed by atoms with E-state index < -0.39 is 27.7 Å². The van der Waals surface area contributed by atoms with Gasteiger partial charge in [-0.25, -0.2) is 8.42 Å². The zero-order valence-electron chi connectivity index (χ0n) is 13.8. The molecule has 0 bridgehead atoms. The molecule has 1 aromatic carbocycles. The molecule has 0 radical (unpaired) electrons. The first-order valence-corrected chi connectivity index (χ1v) is 10.3. The van der Waals surface area contributed by atoms with Crippen molar-refractivity contribution in [2.75, 3.05) is 4.72 Å². The Balaban J connectivity index is 2.20. The molecular weight excluding hydrogens is 423 g/mol. The van der Waals surface area contributed by atoms with Gasteiger partial charge in [-0.2, -0.15) is 18.3 Å². The van der Waals surface area contributed by atoms with Gasteiger partial charge in [-0.15, -0.1) is 11.3 Å². The molecular formula is C16H13ClF3N3O2S2. The lowest BCUT2D eigenvalue weighted by Crippen LogP contribution is -2.14. The molecule has 0 unspecified atom stereocenters. The molecule has 0 aliphatic heterocycles. The second-order valence-corrected chi connectivity index (χ2v) is 8.81. The molecule has 0 fully saturated rings. The number of anilines is 1. The van der Waals surface area contributed by atoms with E-state index in [2.05, 4.69) is 9.82 Å². The van der Waals surface area contributed by atoms with Gasteiger partial charge >= 0.3 is 6.18 Å². The third-order valence-electron chi connectivity index (χ3n) is 3.62. The lowest BCUT2D eigenvalue weighted by atomic mass is 10.2. The van der Waals surface area contributed by atoms with Crippen molar-refractivity contribution in [2.45, 2.75) is 24.5 Å². The number of aryl methyl sites for hydroxylation is 1. The molecule has 0 saturated carbocycles. The highest BCUT2D eigenvalue weighted by molar-refractivity contribution is 7.92. The lowest BCUT2D eigenvalue weighted by molar-refractivity contribution is -0.143. The van der Waals surface area contributed by atoms with Crippen LogP contribution in [-0.4, -0.2) is 18.2 Å². The predicted octanol–water partition coefficient (Wildman–Crippen LogP) is 5.10. The maximum absolute atomic E-state index is 13.7. The van der Waals surface area contributed by atoms with E-state index in [1.807, 2.05) is 0 Å². The van der Waals surface area contributed by atoms with Crippen LogP contribution in [0.25, 0.3) is 10.4 Å². The van der Waals surface area contributed by atoms with E-state index in [0.717, 1.165) is 16.0 Å². The summed E-state index contributed by atoms with van der Waals surface area (Å²) in [5.41, 5.74) is -1.38. The van der Waals surface area contributed by atoms with Gasteiger partial charge in [-0.05, 0) is 31.2 Å². The van der Waals surface area contributed by atoms with E-state index in [4.69, 9.17) is 11.6 Å². The van der Waals surface area contributed by atoms with Crippen LogP contribution in [-0.2, 0) is 22.7 Å². The van der Waals surface area contributed by atoms with Crippen LogP contribution in [0.15, 0.2) is 47.4 Å². The molecule has 0 aliphatic rings. The fourth-order valence-electron chi connectivity index (χ4n) is 2.52. The van der Waals surface area contributed by atoms with Crippen molar-refractivity contribution < 1.29 is 21.6 Å². The molecule has 3 rings (SSSR count). The fourth-order valence-corrected chi connectivity index (χ4v) is 4.64. The van der Waals surface area contributed by atoms with Crippen molar-refractivity contribution >= 4 is 38.8 Å². The van der Waals surface area contributed by atoms with Gasteiger partial charge in [0, 0.05) is 11.4 Å². The number of alkyl halides is 3. The van der Waals surface area contributed by atoms with Crippen molar-refractivity contribution in [2.24, 2.45) is 0 Å². The van der Waals surface area contributed by atoms with E-state index in [1.165, 1.54) is 43.3 Å². The average molecular weight is 436 g/mol. The molecule has 1 N–H and O–H groups in total. The van der Waals surface area contributed by atoms with Crippen molar-refractivity contribution in [1.82, 2.24) is 9.78 Å².